The summed E-state index contributed by atoms with van der Waals surface area (Å²) in [6.45, 7) is 10.3. The number of methoxy groups -OCH3 is 1. The van der Waals surface area contributed by atoms with E-state index in [0.29, 0.717) is 12.3 Å². The van der Waals surface area contributed by atoms with E-state index in [4.69, 9.17) is 9.47 Å². The fraction of sp³-hybridized carbons (Fsp3) is 0.562. The van der Waals surface area contributed by atoms with Crippen LogP contribution in [-0.2, 0) is 4.74 Å². The van der Waals surface area contributed by atoms with Crippen LogP contribution >= 0.6 is 0 Å². The average molecular weight is 292 g/mol. The Morgan fingerprint density at radius 2 is 2.00 bits per heavy atom. The summed E-state index contributed by atoms with van der Waals surface area (Å²) in [4.78, 5) is 14.3. The Balaban J connectivity index is 2.44. The lowest BCUT2D eigenvalue weighted by molar-refractivity contribution is 0.0546. The molecule has 0 radical (unpaired) electrons. The molecule has 1 aromatic rings. The van der Waals surface area contributed by atoms with Gasteiger partial charge in [-0.25, -0.2) is 4.79 Å². The molecule has 0 spiro atoms. The fourth-order valence-corrected chi connectivity index (χ4v) is 2.34. The first kappa shape index (κ1) is 15.5. The summed E-state index contributed by atoms with van der Waals surface area (Å²) in [5.41, 5.74) is 0.763. The lowest BCUT2D eigenvalue weighted by Gasteiger charge is -2.43. The molecule has 0 aromatic heterocycles. The monoisotopic (exact) mass is 292 g/mol. The Labute approximate surface area is 126 Å². The number of ether oxygens (including phenoxy) is 2. The lowest BCUT2D eigenvalue weighted by Crippen LogP contribution is -2.56. The van der Waals surface area contributed by atoms with Crippen molar-refractivity contribution in [2.75, 3.05) is 23.9 Å². The summed E-state index contributed by atoms with van der Waals surface area (Å²) in [6.07, 6.45) is -0.344. The van der Waals surface area contributed by atoms with Gasteiger partial charge in [0, 0.05) is 12.6 Å². The molecule has 0 atom stereocenters. The van der Waals surface area contributed by atoms with E-state index >= 15 is 0 Å². The number of amides is 1. The van der Waals surface area contributed by atoms with Crippen LogP contribution < -0.4 is 15.0 Å². The summed E-state index contributed by atoms with van der Waals surface area (Å²) >= 11 is 0. The third kappa shape index (κ3) is 3.23. The van der Waals surface area contributed by atoms with Gasteiger partial charge in [-0.3, -0.25) is 4.90 Å². The molecule has 2 rings (SSSR count). The van der Waals surface area contributed by atoms with Gasteiger partial charge in [-0.2, -0.15) is 0 Å². The molecule has 21 heavy (non-hydrogen) atoms. The largest absolute Gasteiger partial charge is 0.497 e. The van der Waals surface area contributed by atoms with E-state index in [1.165, 1.54) is 0 Å². The maximum Gasteiger partial charge on any atom is 0.415 e. The molecule has 0 bridgehead atoms. The molecule has 1 heterocycles. The number of fused-ring (bicyclic) bond motifs is 1. The molecule has 0 saturated heterocycles. The van der Waals surface area contributed by atoms with E-state index in [1.807, 2.05) is 52.8 Å². The number of hydrogen-bond donors (Lipinski definition) is 1. The predicted octanol–water partition coefficient (Wildman–Crippen LogP) is 3.64. The number of nitrogens with zero attached hydrogens (tertiary/aromatic N) is 1. The molecule has 5 heteroatoms. The number of carbonyl (C=O) groups excluding carboxylic acids is 1. The number of nitrogens with one attached hydrogen (secondary N) is 1. The van der Waals surface area contributed by atoms with E-state index in [1.54, 1.807) is 12.0 Å². The second kappa shape index (κ2) is 5.13. The first-order chi connectivity index (χ1) is 9.64. The summed E-state index contributed by atoms with van der Waals surface area (Å²) in [5, 5.41) is 3.35. The minimum atomic E-state index is -0.531. The highest BCUT2D eigenvalue weighted by molar-refractivity contribution is 5.95. The van der Waals surface area contributed by atoms with E-state index in [9.17, 15) is 4.79 Å². The number of anilines is 2. The van der Waals surface area contributed by atoms with Crippen molar-refractivity contribution in [1.82, 2.24) is 0 Å². The zero-order chi connectivity index (χ0) is 15.8. The second-order valence-electron chi connectivity index (χ2n) is 6.86. The van der Waals surface area contributed by atoms with Crippen LogP contribution in [0.3, 0.4) is 0 Å². The van der Waals surface area contributed by atoms with Crippen LogP contribution in [-0.4, -0.2) is 30.9 Å². The minimum Gasteiger partial charge on any atom is -0.497 e. The van der Waals surface area contributed by atoms with Crippen molar-refractivity contribution in [2.45, 2.75) is 45.8 Å². The first-order valence-electron chi connectivity index (χ1n) is 7.09. The van der Waals surface area contributed by atoms with Crippen LogP contribution in [0.25, 0.3) is 0 Å². The molecule has 1 aromatic carbocycles. The Hall–Kier alpha value is -1.91. The van der Waals surface area contributed by atoms with Crippen LogP contribution in [0.1, 0.15) is 34.6 Å². The number of hydrogen-bond acceptors (Lipinski definition) is 4. The Kier molecular flexibility index (Phi) is 3.78. The lowest BCUT2D eigenvalue weighted by atomic mass is 9.98. The van der Waals surface area contributed by atoms with Crippen molar-refractivity contribution in [1.29, 1.82) is 0 Å². The molecule has 0 fully saturated rings. The maximum atomic E-state index is 12.6. The van der Waals surface area contributed by atoms with Crippen molar-refractivity contribution < 1.29 is 14.3 Å². The standard InChI is InChI=1S/C16H24N2O3/c1-15(2,3)21-14(19)18-13-9-11(20-6)7-8-12(13)17-10-16(18,4)5/h7-9,17H,10H2,1-6H3. The van der Waals surface area contributed by atoms with Crippen LogP contribution in [0.4, 0.5) is 16.2 Å². The normalized spacial score (nSPS) is 16.8. The number of rotatable bonds is 1. The smallest absolute Gasteiger partial charge is 0.415 e. The highest BCUT2D eigenvalue weighted by Gasteiger charge is 2.39. The molecule has 1 amide bonds. The Morgan fingerprint density at radius 1 is 1.33 bits per heavy atom. The van der Waals surface area contributed by atoms with Crippen molar-refractivity contribution in [2.24, 2.45) is 0 Å². The van der Waals surface area contributed by atoms with E-state index in [0.717, 1.165) is 11.4 Å². The van der Waals surface area contributed by atoms with Crippen molar-refractivity contribution in [3.05, 3.63) is 18.2 Å². The SMILES string of the molecule is COc1ccc2c(c1)N(C(=O)OC(C)(C)C)C(C)(C)CN2. The van der Waals surface area contributed by atoms with Gasteiger partial charge < -0.3 is 14.8 Å². The van der Waals surface area contributed by atoms with Crippen molar-refractivity contribution >= 4 is 17.5 Å². The first-order valence-corrected chi connectivity index (χ1v) is 7.09. The zero-order valence-corrected chi connectivity index (χ0v) is 13.6. The highest BCUT2D eigenvalue weighted by Crippen LogP contribution is 2.39. The zero-order valence-electron chi connectivity index (χ0n) is 13.6. The van der Waals surface area contributed by atoms with Crippen molar-refractivity contribution in [3.63, 3.8) is 0 Å². The van der Waals surface area contributed by atoms with Gasteiger partial charge in [0.25, 0.3) is 0 Å². The molecule has 1 aliphatic heterocycles. The quantitative estimate of drug-likeness (QED) is 0.858. The van der Waals surface area contributed by atoms with Gasteiger partial charge in [0.2, 0.25) is 0 Å². The number of benzene rings is 1. The Bertz CT molecular complexity index is 547. The van der Waals surface area contributed by atoms with Crippen LogP contribution in [0.15, 0.2) is 18.2 Å². The fourth-order valence-electron chi connectivity index (χ4n) is 2.34. The van der Waals surface area contributed by atoms with Gasteiger partial charge >= 0.3 is 6.09 Å². The summed E-state index contributed by atoms with van der Waals surface area (Å²) in [7, 11) is 1.61. The molecule has 0 saturated carbocycles. The summed E-state index contributed by atoms with van der Waals surface area (Å²) in [5.74, 6) is 0.710. The topological polar surface area (TPSA) is 50.8 Å². The minimum absolute atomic E-state index is 0.344. The maximum absolute atomic E-state index is 12.6. The van der Waals surface area contributed by atoms with E-state index < -0.39 is 5.60 Å². The van der Waals surface area contributed by atoms with Gasteiger partial charge in [-0.15, -0.1) is 0 Å². The summed E-state index contributed by atoms with van der Waals surface area (Å²) in [6, 6.07) is 5.64. The molecular weight excluding hydrogens is 268 g/mol. The molecular formula is C16H24N2O3. The molecule has 1 N–H and O–H groups in total. The van der Waals surface area contributed by atoms with E-state index in [-0.39, 0.29) is 11.6 Å². The van der Waals surface area contributed by atoms with Gasteiger partial charge in [0.05, 0.1) is 24.0 Å². The molecule has 116 valence electrons. The molecule has 0 unspecified atom stereocenters. The Morgan fingerprint density at radius 3 is 2.57 bits per heavy atom. The van der Waals surface area contributed by atoms with Crippen LogP contribution in [0.2, 0.25) is 0 Å². The van der Waals surface area contributed by atoms with Crippen molar-refractivity contribution in [3.8, 4) is 5.75 Å². The third-order valence-corrected chi connectivity index (χ3v) is 3.34. The van der Waals surface area contributed by atoms with Gasteiger partial charge in [0.1, 0.15) is 11.4 Å². The summed E-state index contributed by atoms with van der Waals surface area (Å²) < 4.78 is 10.8. The average Bonchev–Trinajstić information content (AvgIpc) is 2.34. The molecule has 0 aliphatic carbocycles. The van der Waals surface area contributed by atoms with Crippen LogP contribution in [0, 0.1) is 0 Å². The van der Waals surface area contributed by atoms with Crippen LogP contribution in [0.5, 0.6) is 5.75 Å². The van der Waals surface area contributed by atoms with Gasteiger partial charge in [0.15, 0.2) is 0 Å². The predicted molar refractivity (Wildman–Crippen MR) is 84.3 cm³/mol. The van der Waals surface area contributed by atoms with Gasteiger partial charge in [-0.1, -0.05) is 0 Å². The second-order valence-corrected chi connectivity index (χ2v) is 6.86. The van der Waals surface area contributed by atoms with E-state index in [2.05, 4.69) is 5.32 Å². The number of carbonyl (C=O) groups is 1. The van der Waals surface area contributed by atoms with Gasteiger partial charge in [-0.05, 0) is 46.8 Å². The third-order valence-electron chi connectivity index (χ3n) is 3.34. The molecule has 1 aliphatic rings. The molecule has 5 nitrogen and oxygen atoms in total. The highest BCUT2D eigenvalue weighted by atomic mass is 16.6.